The van der Waals surface area contributed by atoms with Gasteiger partial charge in [-0.3, -0.25) is 0 Å². The average Bonchev–Trinajstić information content (AvgIpc) is 2.96. The second kappa shape index (κ2) is 7.25. The number of rotatable bonds is 7. The van der Waals surface area contributed by atoms with Gasteiger partial charge < -0.3 is 19.5 Å². The van der Waals surface area contributed by atoms with Crippen LogP contribution in [0.4, 0.5) is 5.82 Å². The van der Waals surface area contributed by atoms with Crippen LogP contribution in [0.15, 0.2) is 6.07 Å². The number of nitrogens with one attached hydrogen (secondary N) is 1. The van der Waals surface area contributed by atoms with Crippen LogP contribution in [-0.4, -0.2) is 43.4 Å². The second-order valence-electron chi connectivity index (χ2n) is 4.44. The van der Waals surface area contributed by atoms with E-state index in [4.69, 9.17) is 14.2 Å². The SMILES string of the molecule is CCOCc1nc(NC)cc(OCC2CCOC2)n1. The van der Waals surface area contributed by atoms with Crippen molar-refractivity contribution in [1.29, 1.82) is 0 Å². The average molecular weight is 267 g/mol. The van der Waals surface area contributed by atoms with Crippen molar-refractivity contribution in [2.75, 3.05) is 38.8 Å². The van der Waals surface area contributed by atoms with Gasteiger partial charge in [-0.1, -0.05) is 0 Å². The first-order valence-corrected chi connectivity index (χ1v) is 6.65. The molecule has 0 aromatic carbocycles. The smallest absolute Gasteiger partial charge is 0.218 e. The molecule has 19 heavy (non-hydrogen) atoms. The maximum absolute atomic E-state index is 5.73. The van der Waals surface area contributed by atoms with Gasteiger partial charge in [0.25, 0.3) is 0 Å². The molecule has 0 radical (unpaired) electrons. The lowest BCUT2D eigenvalue weighted by Gasteiger charge is -2.11. The molecule has 1 aliphatic rings. The van der Waals surface area contributed by atoms with Crippen LogP contribution < -0.4 is 10.1 Å². The van der Waals surface area contributed by atoms with Gasteiger partial charge in [0.15, 0.2) is 5.82 Å². The molecule has 0 saturated carbocycles. The molecular weight excluding hydrogens is 246 g/mol. The first-order valence-electron chi connectivity index (χ1n) is 6.65. The topological polar surface area (TPSA) is 65.5 Å². The summed E-state index contributed by atoms with van der Waals surface area (Å²) in [5.74, 6) is 2.41. The van der Waals surface area contributed by atoms with E-state index < -0.39 is 0 Å². The van der Waals surface area contributed by atoms with E-state index in [9.17, 15) is 0 Å². The third kappa shape index (κ3) is 4.33. The summed E-state index contributed by atoms with van der Waals surface area (Å²) in [6.45, 7) is 5.22. The Balaban J connectivity index is 1.96. The van der Waals surface area contributed by atoms with Gasteiger partial charge in [0.05, 0.1) is 13.2 Å². The first kappa shape index (κ1) is 14.0. The van der Waals surface area contributed by atoms with Crippen molar-refractivity contribution in [1.82, 2.24) is 9.97 Å². The molecule has 1 aromatic rings. The number of aromatic nitrogens is 2. The molecule has 2 rings (SSSR count). The lowest BCUT2D eigenvalue weighted by atomic mass is 10.1. The van der Waals surface area contributed by atoms with E-state index in [1.165, 1.54) is 0 Å². The molecule has 1 aromatic heterocycles. The van der Waals surface area contributed by atoms with E-state index in [1.807, 2.05) is 14.0 Å². The van der Waals surface area contributed by atoms with Crippen LogP contribution in [0.5, 0.6) is 5.88 Å². The van der Waals surface area contributed by atoms with E-state index >= 15 is 0 Å². The standard InChI is InChI=1S/C13H21N3O3/c1-3-17-9-12-15-11(14-2)6-13(16-12)19-8-10-4-5-18-7-10/h6,10H,3-5,7-9H2,1-2H3,(H,14,15,16). The summed E-state index contributed by atoms with van der Waals surface area (Å²) in [4.78, 5) is 8.66. The van der Waals surface area contributed by atoms with Crippen LogP contribution in [0.25, 0.3) is 0 Å². The van der Waals surface area contributed by atoms with Gasteiger partial charge in [0.1, 0.15) is 12.4 Å². The summed E-state index contributed by atoms with van der Waals surface area (Å²) in [5.41, 5.74) is 0. The highest BCUT2D eigenvalue weighted by atomic mass is 16.5. The highest BCUT2D eigenvalue weighted by molar-refractivity contribution is 5.37. The Kier molecular flexibility index (Phi) is 5.35. The summed E-state index contributed by atoms with van der Waals surface area (Å²) in [7, 11) is 1.82. The Labute approximate surface area is 113 Å². The molecule has 6 nitrogen and oxygen atoms in total. The molecule has 1 N–H and O–H groups in total. The fraction of sp³-hybridized carbons (Fsp3) is 0.692. The van der Waals surface area contributed by atoms with Crippen LogP contribution in [0, 0.1) is 5.92 Å². The fourth-order valence-electron chi connectivity index (χ4n) is 1.85. The van der Waals surface area contributed by atoms with Gasteiger partial charge in [-0.2, -0.15) is 4.98 Å². The molecule has 0 spiro atoms. The Hall–Kier alpha value is -1.40. The normalized spacial score (nSPS) is 18.5. The zero-order valence-electron chi connectivity index (χ0n) is 11.5. The fourth-order valence-corrected chi connectivity index (χ4v) is 1.85. The largest absolute Gasteiger partial charge is 0.477 e. The van der Waals surface area contributed by atoms with Crippen molar-refractivity contribution < 1.29 is 14.2 Å². The molecule has 0 bridgehead atoms. The Morgan fingerprint density at radius 3 is 3.05 bits per heavy atom. The number of ether oxygens (including phenoxy) is 3. The third-order valence-corrected chi connectivity index (χ3v) is 2.93. The molecule has 6 heteroatoms. The molecule has 1 atom stereocenters. The Morgan fingerprint density at radius 2 is 2.37 bits per heavy atom. The lowest BCUT2D eigenvalue weighted by Crippen LogP contribution is -2.13. The van der Waals surface area contributed by atoms with Crippen LogP contribution in [0.1, 0.15) is 19.2 Å². The van der Waals surface area contributed by atoms with E-state index in [1.54, 1.807) is 6.07 Å². The van der Waals surface area contributed by atoms with Crippen molar-refractivity contribution in [2.24, 2.45) is 5.92 Å². The van der Waals surface area contributed by atoms with Gasteiger partial charge >= 0.3 is 0 Å². The summed E-state index contributed by atoms with van der Waals surface area (Å²) >= 11 is 0. The van der Waals surface area contributed by atoms with Crippen LogP contribution in [-0.2, 0) is 16.1 Å². The molecule has 1 fully saturated rings. The summed E-state index contributed by atoms with van der Waals surface area (Å²) < 4.78 is 16.4. The molecule has 106 valence electrons. The zero-order chi connectivity index (χ0) is 13.5. The second-order valence-corrected chi connectivity index (χ2v) is 4.44. The highest BCUT2D eigenvalue weighted by Crippen LogP contribution is 2.17. The van der Waals surface area contributed by atoms with E-state index in [0.29, 0.717) is 37.4 Å². The van der Waals surface area contributed by atoms with E-state index in [2.05, 4.69) is 15.3 Å². The molecule has 1 aliphatic heterocycles. The minimum Gasteiger partial charge on any atom is -0.477 e. The lowest BCUT2D eigenvalue weighted by molar-refractivity contribution is 0.127. The van der Waals surface area contributed by atoms with Crippen LogP contribution in [0.2, 0.25) is 0 Å². The van der Waals surface area contributed by atoms with Crippen molar-refractivity contribution >= 4 is 5.82 Å². The third-order valence-electron chi connectivity index (χ3n) is 2.93. The van der Waals surface area contributed by atoms with Gasteiger partial charge in [-0.25, -0.2) is 4.98 Å². The summed E-state index contributed by atoms with van der Waals surface area (Å²) in [6.07, 6.45) is 1.05. The van der Waals surface area contributed by atoms with Crippen molar-refractivity contribution in [3.63, 3.8) is 0 Å². The van der Waals surface area contributed by atoms with Crippen LogP contribution >= 0.6 is 0 Å². The monoisotopic (exact) mass is 267 g/mol. The van der Waals surface area contributed by atoms with E-state index in [0.717, 1.165) is 25.5 Å². The number of anilines is 1. The number of nitrogens with zero attached hydrogens (tertiary/aromatic N) is 2. The zero-order valence-corrected chi connectivity index (χ0v) is 11.5. The first-order chi connectivity index (χ1) is 9.31. The molecule has 0 amide bonds. The Morgan fingerprint density at radius 1 is 1.47 bits per heavy atom. The van der Waals surface area contributed by atoms with Gasteiger partial charge in [0, 0.05) is 32.2 Å². The quantitative estimate of drug-likeness (QED) is 0.807. The van der Waals surface area contributed by atoms with Gasteiger partial charge in [0.2, 0.25) is 5.88 Å². The Bertz CT molecular complexity index is 395. The van der Waals surface area contributed by atoms with Crippen LogP contribution in [0.3, 0.4) is 0 Å². The van der Waals surface area contributed by atoms with Crippen molar-refractivity contribution in [2.45, 2.75) is 20.0 Å². The molecule has 2 heterocycles. The minimum absolute atomic E-state index is 0.398. The van der Waals surface area contributed by atoms with E-state index in [-0.39, 0.29) is 0 Å². The minimum atomic E-state index is 0.398. The maximum Gasteiger partial charge on any atom is 0.218 e. The highest BCUT2D eigenvalue weighted by Gasteiger charge is 2.16. The van der Waals surface area contributed by atoms with Gasteiger partial charge in [-0.05, 0) is 13.3 Å². The molecule has 0 aliphatic carbocycles. The van der Waals surface area contributed by atoms with Gasteiger partial charge in [-0.15, -0.1) is 0 Å². The van der Waals surface area contributed by atoms with Crippen molar-refractivity contribution in [3.8, 4) is 5.88 Å². The predicted octanol–water partition coefficient (Wildman–Crippen LogP) is 1.47. The summed E-state index contributed by atoms with van der Waals surface area (Å²) in [6, 6.07) is 1.80. The van der Waals surface area contributed by atoms with Crippen molar-refractivity contribution in [3.05, 3.63) is 11.9 Å². The molecular formula is C13H21N3O3. The summed E-state index contributed by atoms with van der Waals surface area (Å²) in [5, 5.41) is 3.00. The predicted molar refractivity (Wildman–Crippen MR) is 71.3 cm³/mol. The number of hydrogen-bond donors (Lipinski definition) is 1. The number of hydrogen-bond acceptors (Lipinski definition) is 6. The molecule has 1 unspecified atom stereocenters. The maximum atomic E-state index is 5.73. The molecule has 1 saturated heterocycles.